The molecule has 1 fully saturated rings. The molecule has 0 amide bonds. The van der Waals surface area contributed by atoms with E-state index in [2.05, 4.69) is 41.2 Å². The van der Waals surface area contributed by atoms with Crippen LogP contribution in [0.3, 0.4) is 0 Å². The zero-order valence-corrected chi connectivity index (χ0v) is 12.0. The summed E-state index contributed by atoms with van der Waals surface area (Å²) in [5, 5.41) is 2.47. The summed E-state index contributed by atoms with van der Waals surface area (Å²) in [5.74, 6) is 3.43. The quantitative estimate of drug-likeness (QED) is 0.804. The molecule has 0 bridgehead atoms. The van der Waals surface area contributed by atoms with Crippen molar-refractivity contribution in [2.45, 2.75) is 6.54 Å². The maximum atomic E-state index is 5.74. The number of terminal acetylenes is 1. The van der Waals surface area contributed by atoms with Gasteiger partial charge in [0, 0.05) is 25.2 Å². The Kier molecular flexibility index (Phi) is 4.40. The van der Waals surface area contributed by atoms with Crippen LogP contribution in [-0.4, -0.2) is 37.8 Å². The lowest BCUT2D eigenvalue weighted by Crippen LogP contribution is -2.35. The molecule has 21 heavy (non-hydrogen) atoms. The molecule has 1 heterocycles. The van der Waals surface area contributed by atoms with Crippen LogP contribution in [0.4, 0.5) is 0 Å². The Balaban J connectivity index is 1.96. The topological polar surface area (TPSA) is 21.7 Å². The summed E-state index contributed by atoms with van der Waals surface area (Å²) in [4.78, 5) is 2.40. The number of ether oxygens (including phenoxy) is 2. The number of rotatable bonds is 4. The van der Waals surface area contributed by atoms with E-state index in [1.807, 2.05) is 6.07 Å². The Morgan fingerprint density at radius 3 is 2.76 bits per heavy atom. The highest BCUT2D eigenvalue weighted by atomic mass is 16.5. The van der Waals surface area contributed by atoms with Crippen LogP contribution in [0.1, 0.15) is 5.56 Å². The van der Waals surface area contributed by atoms with Crippen molar-refractivity contribution in [1.29, 1.82) is 0 Å². The average Bonchev–Trinajstić information content (AvgIpc) is 2.55. The summed E-state index contributed by atoms with van der Waals surface area (Å²) >= 11 is 0. The van der Waals surface area contributed by atoms with Gasteiger partial charge in [-0.2, -0.15) is 0 Å². The normalized spacial score (nSPS) is 15.8. The Bertz CT molecular complexity index is 654. The number of fused-ring (bicyclic) bond motifs is 1. The van der Waals surface area contributed by atoms with E-state index in [0.717, 1.165) is 38.6 Å². The molecule has 1 aliphatic heterocycles. The fourth-order valence-corrected chi connectivity index (χ4v) is 2.72. The van der Waals surface area contributed by atoms with Crippen LogP contribution in [0.25, 0.3) is 10.8 Å². The Labute approximate surface area is 125 Å². The van der Waals surface area contributed by atoms with Crippen LogP contribution in [0.15, 0.2) is 36.4 Å². The van der Waals surface area contributed by atoms with Gasteiger partial charge in [-0.1, -0.05) is 36.3 Å². The number of morpholine rings is 1. The highest BCUT2D eigenvalue weighted by Crippen LogP contribution is 2.29. The monoisotopic (exact) mass is 281 g/mol. The molecule has 0 atom stereocenters. The summed E-state index contributed by atoms with van der Waals surface area (Å²) in [6.07, 6.45) is 5.32. The van der Waals surface area contributed by atoms with Crippen LogP contribution in [0.5, 0.6) is 5.75 Å². The first-order chi connectivity index (χ1) is 10.4. The van der Waals surface area contributed by atoms with E-state index < -0.39 is 0 Å². The lowest BCUT2D eigenvalue weighted by atomic mass is 10.0. The Hall–Kier alpha value is -2.02. The summed E-state index contributed by atoms with van der Waals surface area (Å²) in [6, 6.07) is 12.5. The zero-order valence-electron chi connectivity index (χ0n) is 12.0. The lowest BCUT2D eigenvalue weighted by Gasteiger charge is -2.27. The van der Waals surface area contributed by atoms with Crippen molar-refractivity contribution < 1.29 is 9.47 Å². The second-order valence-corrected chi connectivity index (χ2v) is 5.14. The first-order valence-corrected chi connectivity index (χ1v) is 7.25. The molecule has 3 rings (SSSR count). The molecule has 0 spiro atoms. The maximum Gasteiger partial charge on any atom is 0.148 e. The van der Waals surface area contributed by atoms with Crippen molar-refractivity contribution in [2.75, 3.05) is 32.9 Å². The molecule has 2 aromatic carbocycles. The maximum absolute atomic E-state index is 5.74. The third kappa shape index (κ3) is 3.18. The van der Waals surface area contributed by atoms with Crippen LogP contribution in [0.2, 0.25) is 0 Å². The van der Waals surface area contributed by atoms with E-state index in [0.29, 0.717) is 6.61 Å². The smallest absolute Gasteiger partial charge is 0.148 e. The predicted octanol–water partition coefficient (Wildman–Crippen LogP) is 2.68. The minimum Gasteiger partial charge on any atom is -0.481 e. The van der Waals surface area contributed by atoms with Gasteiger partial charge >= 0.3 is 0 Å². The fraction of sp³-hybridized carbons (Fsp3) is 0.333. The second-order valence-electron chi connectivity index (χ2n) is 5.14. The van der Waals surface area contributed by atoms with Gasteiger partial charge in [-0.15, -0.1) is 6.42 Å². The first-order valence-electron chi connectivity index (χ1n) is 7.25. The molecule has 3 heteroatoms. The molecule has 0 aromatic heterocycles. The Morgan fingerprint density at radius 2 is 1.95 bits per heavy atom. The minimum atomic E-state index is 0.300. The highest BCUT2D eigenvalue weighted by Gasteiger charge is 2.15. The molecule has 2 aromatic rings. The average molecular weight is 281 g/mol. The van der Waals surface area contributed by atoms with Crippen LogP contribution < -0.4 is 4.74 Å². The van der Waals surface area contributed by atoms with Gasteiger partial charge in [-0.05, 0) is 16.8 Å². The summed E-state index contributed by atoms with van der Waals surface area (Å²) in [7, 11) is 0. The van der Waals surface area contributed by atoms with Crippen molar-refractivity contribution in [2.24, 2.45) is 0 Å². The first kappa shape index (κ1) is 13.9. The highest BCUT2D eigenvalue weighted by molar-refractivity contribution is 5.87. The third-order valence-electron chi connectivity index (χ3n) is 3.79. The van der Waals surface area contributed by atoms with Gasteiger partial charge < -0.3 is 9.47 Å². The minimum absolute atomic E-state index is 0.300. The number of benzene rings is 2. The van der Waals surface area contributed by atoms with Gasteiger partial charge in [0.2, 0.25) is 0 Å². The molecule has 0 N–H and O–H groups in total. The van der Waals surface area contributed by atoms with Crippen molar-refractivity contribution >= 4 is 10.8 Å². The predicted molar refractivity (Wildman–Crippen MR) is 84.4 cm³/mol. The van der Waals surface area contributed by atoms with Crippen molar-refractivity contribution in [3.05, 3.63) is 42.0 Å². The van der Waals surface area contributed by atoms with Crippen LogP contribution in [-0.2, 0) is 11.3 Å². The largest absolute Gasteiger partial charge is 0.481 e. The van der Waals surface area contributed by atoms with Crippen molar-refractivity contribution in [1.82, 2.24) is 4.90 Å². The molecule has 0 aliphatic carbocycles. The molecule has 0 saturated carbocycles. The van der Waals surface area contributed by atoms with Crippen LogP contribution >= 0.6 is 0 Å². The standard InChI is InChI=1S/C18H19NO2/c1-2-11-21-18-8-7-15-5-3-4-6-16(15)17(18)14-19-9-12-20-13-10-19/h1,3-8H,9-14H2. The molecule has 108 valence electrons. The summed E-state index contributed by atoms with van der Waals surface area (Å²) < 4.78 is 11.2. The molecule has 1 saturated heterocycles. The van der Waals surface area contributed by atoms with E-state index >= 15 is 0 Å². The van der Waals surface area contributed by atoms with E-state index in [9.17, 15) is 0 Å². The zero-order chi connectivity index (χ0) is 14.5. The second kappa shape index (κ2) is 6.62. The van der Waals surface area contributed by atoms with Gasteiger partial charge in [-0.25, -0.2) is 0 Å². The van der Waals surface area contributed by atoms with Gasteiger partial charge in [-0.3, -0.25) is 4.90 Å². The lowest BCUT2D eigenvalue weighted by molar-refractivity contribution is 0.0340. The SMILES string of the molecule is C#CCOc1ccc2ccccc2c1CN1CCOCC1. The third-order valence-corrected chi connectivity index (χ3v) is 3.79. The van der Waals surface area contributed by atoms with Gasteiger partial charge in [0.05, 0.1) is 13.2 Å². The van der Waals surface area contributed by atoms with E-state index in [-0.39, 0.29) is 0 Å². The van der Waals surface area contributed by atoms with Gasteiger partial charge in [0.1, 0.15) is 12.4 Å². The number of nitrogens with zero attached hydrogens (tertiary/aromatic N) is 1. The molecular weight excluding hydrogens is 262 g/mol. The van der Waals surface area contributed by atoms with Gasteiger partial charge in [0.15, 0.2) is 0 Å². The number of hydrogen-bond donors (Lipinski definition) is 0. The Morgan fingerprint density at radius 1 is 1.14 bits per heavy atom. The van der Waals surface area contributed by atoms with E-state index in [1.165, 1.54) is 16.3 Å². The molecule has 0 radical (unpaired) electrons. The molecule has 1 aliphatic rings. The van der Waals surface area contributed by atoms with E-state index in [1.54, 1.807) is 0 Å². The van der Waals surface area contributed by atoms with Gasteiger partial charge in [0.25, 0.3) is 0 Å². The molecule has 3 nitrogen and oxygen atoms in total. The summed E-state index contributed by atoms with van der Waals surface area (Å²) in [5.41, 5.74) is 1.21. The van der Waals surface area contributed by atoms with Crippen molar-refractivity contribution in [3.63, 3.8) is 0 Å². The number of hydrogen-bond acceptors (Lipinski definition) is 3. The van der Waals surface area contributed by atoms with Crippen LogP contribution in [0, 0.1) is 12.3 Å². The van der Waals surface area contributed by atoms with E-state index in [4.69, 9.17) is 15.9 Å². The van der Waals surface area contributed by atoms with Crippen molar-refractivity contribution in [3.8, 4) is 18.1 Å². The molecule has 0 unspecified atom stereocenters. The summed E-state index contributed by atoms with van der Waals surface area (Å²) in [6.45, 7) is 4.67. The fourth-order valence-electron chi connectivity index (χ4n) is 2.72. The molecular formula is C18H19NO2.